The monoisotopic (exact) mass is 555 g/mol. The van der Waals surface area contributed by atoms with E-state index < -0.39 is 24.4 Å². The summed E-state index contributed by atoms with van der Waals surface area (Å²) in [4.78, 5) is 39.5. The van der Waals surface area contributed by atoms with E-state index in [9.17, 15) is 27.2 Å². The lowest BCUT2D eigenvalue weighted by atomic mass is 10.1. The number of amides is 2. The van der Waals surface area contributed by atoms with Gasteiger partial charge in [0, 0.05) is 50.0 Å². The first kappa shape index (κ1) is 26.9. The number of nitrogens with one attached hydrogen (secondary N) is 2. The fourth-order valence-electron chi connectivity index (χ4n) is 4.55. The van der Waals surface area contributed by atoms with Crippen molar-refractivity contribution >= 4 is 23.2 Å². The second-order valence-electron chi connectivity index (χ2n) is 9.33. The lowest BCUT2D eigenvalue weighted by Crippen LogP contribution is -2.48. The number of carbonyl (C=O) groups excluding carboxylic acids is 2. The molecular formula is C27H25F4N7O2. The van der Waals surface area contributed by atoms with Crippen molar-refractivity contribution in [1.82, 2.24) is 24.4 Å². The minimum Gasteiger partial charge on any atom is -0.368 e. The second kappa shape index (κ2) is 10.8. The summed E-state index contributed by atoms with van der Waals surface area (Å²) in [6, 6.07) is 12.4. The predicted octanol–water partition coefficient (Wildman–Crippen LogP) is 4.56. The van der Waals surface area contributed by atoms with E-state index in [0.29, 0.717) is 37.4 Å². The van der Waals surface area contributed by atoms with Crippen molar-refractivity contribution in [2.75, 3.05) is 36.4 Å². The zero-order valence-electron chi connectivity index (χ0n) is 21.4. The van der Waals surface area contributed by atoms with Crippen molar-refractivity contribution < 1.29 is 27.2 Å². The Labute approximate surface area is 226 Å². The number of rotatable bonds is 6. The number of imidazole rings is 2. The van der Waals surface area contributed by atoms with Gasteiger partial charge in [0.15, 0.2) is 5.82 Å². The molecule has 3 heterocycles. The number of hydrogen-bond acceptors (Lipinski definition) is 5. The third kappa shape index (κ3) is 5.98. The summed E-state index contributed by atoms with van der Waals surface area (Å²) in [6.07, 6.45) is -2.27. The molecule has 0 bridgehead atoms. The van der Waals surface area contributed by atoms with Crippen LogP contribution in [-0.4, -0.2) is 68.6 Å². The molecule has 4 aromatic rings. The molecule has 2 N–H and O–H groups in total. The molecule has 0 atom stereocenters. The molecule has 2 aromatic carbocycles. The molecule has 40 heavy (non-hydrogen) atoms. The first-order valence-electron chi connectivity index (χ1n) is 12.4. The van der Waals surface area contributed by atoms with Crippen LogP contribution < -0.4 is 10.2 Å². The maximum absolute atomic E-state index is 13.4. The minimum absolute atomic E-state index is 0.00581. The van der Waals surface area contributed by atoms with Gasteiger partial charge in [0.05, 0.1) is 18.2 Å². The van der Waals surface area contributed by atoms with E-state index in [1.165, 1.54) is 30.5 Å². The van der Waals surface area contributed by atoms with Crippen LogP contribution in [0.2, 0.25) is 0 Å². The molecule has 0 saturated carbocycles. The number of benzene rings is 2. The number of nitrogens with zero attached hydrogens (tertiary/aromatic N) is 5. The van der Waals surface area contributed by atoms with E-state index in [1.54, 1.807) is 24.0 Å². The lowest BCUT2D eigenvalue weighted by molar-refractivity contribution is -0.140. The Hall–Kier alpha value is -4.68. The average molecular weight is 556 g/mol. The molecule has 0 aliphatic carbocycles. The zero-order valence-corrected chi connectivity index (χ0v) is 21.4. The predicted molar refractivity (Wildman–Crippen MR) is 140 cm³/mol. The van der Waals surface area contributed by atoms with Crippen LogP contribution in [0.25, 0.3) is 22.8 Å². The quantitative estimate of drug-likeness (QED) is 0.340. The molecule has 1 aliphatic rings. The van der Waals surface area contributed by atoms with Gasteiger partial charge in [-0.25, -0.2) is 14.4 Å². The normalized spacial score (nSPS) is 13.9. The van der Waals surface area contributed by atoms with Crippen molar-refractivity contribution in [2.45, 2.75) is 19.6 Å². The van der Waals surface area contributed by atoms with Gasteiger partial charge in [0.25, 0.3) is 5.91 Å². The largest absolute Gasteiger partial charge is 0.406 e. The number of halogens is 4. The van der Waals surface area contributed by atoms with Gasteiger partial charge in [-0.2, -0.15) is 13.2 Å². The molecular weight excluding hydrogens is 530 g/mol. The lowest BCUT2D eigenvalue weighted by Gasteiger charge is -2.35. The van der Waals surface area contributed by atoms with Gasteiger partial charge >= 0.3 is 6.18 Å². The highest BCUT2D eigenvalue weighted by Gasteiger charge is 2.31. The van der Waals surface area contributed by atoms with Crippen LogP contribution in [0.4, 0.5) is 28.9 Å². The summed E-state index contributed by atoms with van der Waals surface area (Å²) in [5, 5.41) is 2.75. The molecule has 0 unspecified atom stereocenters. The Bertz CT molecular complexity index is 1500. The van der Waals surface area contributed by atoms with Gasteiger partial charge in [-0.3, -0.25) is 9.59 Å². The van der Waals surface area contributed by atoms with Crippen LogP contribution in [0.5, 0.6) is 0 Å². The van der Waals surface area contributed by atoms with Crippen LogP contribution in [0.15, 0.2) is 61.1 Å². The number of piperazine rings is 1. The van der Waals surface area contributed by atoms with Gasteiger partial charge < -0.3 is 24.7 Å². The van der Waals surface area contributed by atoms with Crippen molar-refractivity contribution in [3.8, 4) is 22.8 Å². The number of anilines is 2. The molecule has 1 fully saturated rings. The fourth-order valence-corrected chi connectivity index (χ4v) is 4.55. The molecule has 0 spiro atoms. The van der Waals surface area contributed by atoms with E-state index in [0.717, 1.165) is 16.6 Å². The molecule has 13 heteroatoms. The van der Waals surface area contributed by atoms with Crippen molar-refractivity contribution in [3.05, 3.63) is 72.6 Å². The zero-order chi connectivity index (χ0) is 28.4. The number of aromatic nitrogens is 4. The Morgan fingerprint density at radius 1 is 0.975 bits per heavy atom. The summed E-state index contributed by atoms with van der Waals surface area (Å²) in [5.41, 5.74) is 2.06. The smallest absolute Gasteiger partial charge is 0.368 e. The number of H-pyrrole nitrogens is 1. The Balaban J connectivity index is 1.33. The fraction of sp³-hybridized carbons (Fsp3) is 0.259. The molecule has 2 aromatic heterocycles. The summed E-state index contributed by atoms with van der Waals surface area (Å²) >= 11 is 0. The van der Waals surface area contributed by atoms with Crippen molar-refractivity contribution in [2.24, 2.45) is 0 Å². The van der Waals surface area contributed by atoms with Crippen LogP contribution in [0, 0.1) is 5.82 Å². The second-order valence-corrected chi connectivity index (χ2v) is 9.33. The molecule has 9 nitrogen and oxygen atoms in total. The molecule has 0 radical (unpaired) electrons. The minimum atomic E-state index is -4.53. The average Bonchev–Trinajstić information content (AvgIpc) is 3.56. The third-order valence-electron chi connectivity index (χ3n) is 6.57. The highest BCUT2D eigenvalue weighted by atomic mass is 19.4. The number of carbonyl (C=O) groups is 2. The first-order chi connectivity index (χ1) is 19.1. The standard InChI is InChI=1S/C27H25F4N7O2/c1-17(39)36-10-12-37(13-11-36)21-8-6-20(7-9-21)34-26(40)22-14-32-25(35-22)24-23(18-2-4-19(28)5-3-18)33-16-38(24)15-27(29,30)31/h2-9,14,16H,10-13,15H2,1H3,(H,32,35)(H,34,40). The van der Waals surface area contributed by atoms with E-state index in [1.807, 2.05) is 12.1 Å². The third-order valence-corrected chi connectivity index (χ3v) is 6.57. The van der Waals surface area contributed by atoms with Gasteiger partial charge in [-0.1, -0.05) is 0 Å². The Kier molecular flexibility index (Phi) is 7.28. The SMILES string of the molecule is CC(=O)N1CCN(c2ccc(NC(=O)c3cnc(-c4c(-c5ccc(F)cc5)ncn4CC(F)(F)F)[nH]3)cc2)CC1. The topological polar surface area (TPSA) is 99.2 Å². The summed E-state index contributed by atoms with van der Waals surface area (Å²) < 4.78 is 54.1. The maximum atomic E-state index is 13.4. The summed E-state index contributed by atoms with van der Waals surface area (Å²) in [6.45, 7) is 2.91. The van der Waals surface area contributed by atoms with Gasteiger partial charge in [-0.05, 0) is 48.5 Å². The van der Waals surface area contributed by atoms with Gasteiger partial charge in [0.1, 0.15) is 23.7 Å². The summed E-state index contributed by atoms with van der Waals surface area (Å²) in [5.74, 6) is -0.977. The van der Waals surface area contributed by atoms with E-state index >= 15 is 0 Å². The van der Waals surface area contributed by atoms with E-state index in [4.69, 9.17) is 0 Å². The molecule has 208 valence electrons. The Morgan fingerprint density at radius 2 is 1.65 bits per heavy atom. The van der Waals surface area contributed by atoms with E-state index in [2.05, 4.69) is 25.2 Å². The molecule has 1 aliphatic heterocycles. The molecule has 5 rings (SSSR count). The van der Waals surface area contributed by atoms with Crippen LogP contribution in [-0.2, 0) is 11.3 Å². The number of alkyl halides is 3. The maximum Gasteiger partial charge on any atom is 0.406 e. The Morgan fingerprint density at radius 3 is 2.27 bits per heavy atom. The number of aromatic amines is 1. The van der Waals surface area contributed by atoms with Gasteiger partial charge in [0.2, 0.25) is 5.91 Å². The molecule has 2 amide bonds. The molecule has 1 saturated heterocycles. The van der Waals surface area contributed by atoms with Crippen LogP contribution in [0.3, 0.4) is 0 Å². The first-order valence-corrected chi connectivity index (χ1v) is 12.4. The highest BCUT2D eigenvalue weighted by Crippen LogP contribution is 2.32. The number of hydrogen-bond donors (Lipinski definition) is 2. The van der Waals surface area contributed by atoms with Crippen LogP contribution in [0.1, 0.15) is 17.4 Å². The van der Waals surface area contributed by atoms with Crippen molar-refractivity contribution in [1.29, 1.82) is 0 Å². The van der Waals surface area contributed by atoms with E-state index in [-0.39, 0.29) is 28.8 Å². The van der Waals surface area contributed by atoms with Crippen molar-refractivity contribution in [3.63, 3.8) is 0 Å². The van der Waals surface area contributed by atoms with Crippen LogP contribution >= 0.6 is 0 Å². The summed E-state index contributed by atoms with van der Waals surface area (Å²) in [7, 11) is 0. The highest BCUT2D eigenvalue weighted by molar-refractivity contribution is 6.03. The van der Waals surface area contributed by atoms with Gasteiger partial charge in [-0.15, -0.1) is 0 Å².